The van der Waals surface area contributed by atoms with Crippen molar-refractivity contribution >= 4 is 33.1 Å². The van der Waals surface area contributed by atoms with Crippen molar-refractivity contribution < 1.29 is 30.4 Å². The van der Waals surface area contributed by atoms with E-state index in [1.54, 1.807) is 6.92 Å². The van der Waals surface area contributed by atoms with Crippen LogP contribution in [0.5, 0.6) is 0 Å². The molecule has 148 valence electrons. The van der Waals surface area contributed by atoms with E-state index >= 15 is 0 Å². The number of rotatable bonds is 5. The Balaban J connectivity index is 1.92. The summed E-state index contributed by atoms with van der Waals surface area (Å²) < 4.78 is 94.7. The van der Waals surface area contributed by atoms with Gasteiger partial charge in [0, 0.05) is 18.3 Å². The monoisotopic (exact) mass is 445 g/mol. The molecule has 1 unspecified atom stereocenters. The molecule has 0 aliphatic carbocycles. The molecule has 1 atom stereocenters. The summed E-state index contributed by atoms with van der Waals surface area (Å²) in [5, 5.41) is 8.43. The third-order valence-corrected chi connectivity index (χ3v) is 8.06. The van der Waals surface area contributed by atoms with Gasteiger partial charge in [-0.15, -0.1) is 10.2 Å². The fraction of sp³-hybridized carbons (Fsp3) is 0.429. The maximum atomic E-state index is 14.0. The number of benzene rings is 1. The largest absolute Gasteiger partial charge is 0.249 e. The Bertz CT molecular complexity index is 954. The molecule has 27 heavy (non-hydrogen) atoms. The summed E-state index contributed by atoms with van der Waals surface area (Å²) in [6.07, 6.45) is 0.786. The third kappa shape index (κ3) is 3.69. The molecule has 1 aliphatic heterocycles. The number of thioether (sulfide) groups is 1. The molecule has 0 spiro atoms. The molecule has 0 amide bonds. The molecule has 5 nitrogen and oxygen atoms in total. The Hall–Kier alpha value is -1.31. The number of sulfonamides is 1. The van der Waals surface area contributed by atoms with E-state index in [0.717, 1.165) is 9.31 Å². The van der Waals surface area contributed by atoms with Gasteiger partial charge in [-0.1, -0.05) is 23.1 Å². The van der Waals surface area contributed by atoms with E-state index < -0.39 is 50.0 Å². The standard InChI is InChI=1S/C14H12F5N3O2S3/c1-6-20-21-14(26-6)25-5-7-3-2-4-22(7)27(23,24)13-11(18)9(16)8(15)10(17)12(13)19/h7H,2-5H2,1H3. The van der Waals surface area contributed by atoms with Gasteiger partial charge in [-0.25, -0.2) is 30.4 Å². The predicted octanol–water partition coefficient (Wildman–Crippen LogP) is 3.49. The lowest BCUT2D eigenvalue weighted by atomic mass is 10.3. The number of halogens is 5. The number of hydrogen-bond acceptors (Lipinski definition) is 6. The van der Waals surface area contributed by atoms with Crippen molar-refractivity contribution in [3.05, 3.63) is 34.1 Å². The van der Waals surface area contributed by atoms with Crippen LogP contribution in [-0.2, 0) is 10.0 Å². The highest BCUT2D eigenvalue weighted by Crippen LogP contribution is 2.34. The van der Waals surface area contributed by atoms with Crippen LogP contribution in [-0.4, -0.2) is 41.3 Å². The van der Waals surface area contributed by atoms with Gasteiger partial charge in [-0.05, 0) is 19.8 Å². The molecule has 0 bridgehead atoms. The average Bonchev–Trinajstić information content (AvgIpc) is 3.25. The zero-order valence-electron chi connectivity index (χ0n) is 13.7. The lowest BCUT2D eigenvalue weighted by Crippen LogP contribution is -2.38. The van der Waals surface area contributed by atoms with Crippen LogP contribution in [0, 0.1) is 36.0 Å². The van der Waals surface area contributed by atoms with Crippen LogP contribution in [0.1, 0.15) is 17.8 Å². The van der Waals surface area contributed by atoms with Gasteiger partial charge >= 0.3 is 0 Å². The van der Waals surface area contributed by atoms with Gasteiger partial charge < -0.3 is 0 Å². The predicted molar refractivity (Wildman–Crippen MR) is 88.5 cm³/mol. The molecule has 1 aliphatic rings. The van der Waals surface area contributed by atoms with Gasteiger partial charge in [0.2, 0.25) is 15.8 Å². The second-order valence-corrected chi connectivity index (χ2v) is 9.99. The molecule has 0 saturated carbocycles. The molecule has 2 heterocycles. The summed E-state index contributed by atoms with van der Waals surface area (Å²) in [5.74, 6) is -11.5. The summed E-state index contributed by atoms with van der Waals surface area (Å²) in [6, 6.07) is -0.667. The number of hydrogen-bond donors (Lipinski definition) is 0. The van der Waals surface area contributed by atoms with Crippen molar-refractivity contribution in [2.45, 2.75) is 35.0 Å². The van der Waals surface area contributed by atoms with Crippen LogP contribution < -0.4 is 0 Å². The lowest BCUT2D eigenvalue weighted by Gasteiger charge is -2.24. The Kier molecular flexibility index (Phi) is 5.75. The highest BCUT2D eigenvalue weighted by Gasteiger charge is 2.41. The Morgan fingerprint density at radius 3 is 2.22 bits per heavy atom. The van der Waals surface area contributed by atoms with E-state index in [2.05, 4.69) is 10.2 Å². The first kappa shape index (κ1) is 20.4. The molecule has 1 aromatic carbocycles. The van der Waals surface area contributed by atoms with Crippen LogP contribution in [0.3, 0.4) is 0 Å². The first-order valence-corrected chi connectivity index (χ1v) is 10.8. The first-order chi connectivity index (χ1) is 12.6. The smallest absolute Gasteiger partial charge is 0.207 e. The summed E-state index contributed by atoms with van der Waals surface area (Å²) in [5.41, 5.74) is 0. The number of aromatic nitrogens is 2. The van der Waals surface area contributed by atoms with Gasteiger partial charge in [-0.3, -0.25) is 0 Å². The van der Waals surface area contributed by atoms with E-state index in [4.69, 9.17) is 0 Å². The van der Waals surface area contributed by atoms with E-state index in [-0.39, 0.29) is 12.3 Å². The van der Waals surface area contributed by atoms with Crippen molar-refractivity contribution in [2.75, 3.05) is 12.3 Å². The zero-order valence-corrected chi connectivity index (χ0v) is 16.1. The Labute approximate surface area is 159 Å². The molecular weight excluding hydrogens is 433 g/mol. The van der Waals surface area contributed by atoms with Crippen molar-refractivity contribution in [1.29, 1.82) is 0 Å². The number of nitrogens with zero attached hydrogens (tertiary/aromatic N) is 3. The summed E-state index contributed by atoms with van der Waals surface area (Å²) in [7, 11) is -4.92. The highest BCUT2D eigenvalue weighted by atomic mass is 32.2. The minimum absolute atomic E-state index is 0.0811. The SMILES string of the molecule is Cc1nnc(SCC2CCCN2S(=O)(=O)c2c(F)c(F)c(F)c(F)c2F)s1. The van der Waals surface area contributed by atoms with Gasteiger partial charge in [0.25, 0.3) is 0 Å². The van der Waals surface area contributed by atoms with Gasteiger partial charge in [0.05, 0.1) is 0 Å². The molecule has 1 saturated heterocycles. The minimum atomic E-state index is -4.92. The molecule has 1 aromatic heterocycles. The molecule has 0 radical (unpaired) electrons. The van der Waals surface area contributed by atoms with E-state index in [1.807, 2.05) is 0 Å². The van der Waals surface area contributed by atoms with Gasteiger partial charge in [0.15, 0.2) is 32.5 Å². The van der Waals surface area contributed by atoms with Crippen molar-refractivity contribution in [3.8, 4) is 0 Å². The van der Waals surface area contributed by atoms with Crippen LogP contribution in [0.25, 0.3) is 0 Å². The Morgan fingerprint density at radius 2 is 1.67 bits per heavy atom. The second kappa shape index (κ2) is 7.60. The maximum Gasteiger partial charge on any atom is 0.249 e. The van der Waals surface area contributed by atoms with Crippen LogP contribution in [0.2, 0.25) is 0 Å². The van der Waals surface area contributed by atoms with Crippen molar-refractivity contribution in [3.63, 3.8) is 0 Å². The summed E-state index contributed by atoms with van der Waals surface area (Å²) in [6.45, 7) is 1.67. The molecule has 2 aromatic rings. The summed E-state index contributed by atoms with van der Waals surface area (Å²) in [4.78, 5) is -1.82. The number of aryl methyl sites for hydroxylation is 1. The molecule has 1 fully saturated rings. The minimum Gasteiger partial charge on any atom is -0.207 e. The normalized spacial score (nSPS) is 18.4. The highest BCUT2D eigenvalue weighted by molar-refractivity contribution is 8.01. The lowest BCUT2D eigenvalue weighted by molar-refractivity contribution is 0.348. The van der Waals surface area contributed by atoms with Crippen LogP contribution >= 0.6 is 23.1 Å². The van der Waals surface area contributed by atoms with Crippen LogP contribution in [0.4, 0.5) is 22.0 Å². The zero-order chi connectivity index (χ0) is 19.9. The fourth-order valence-corrected chi connectivity index (χ4v) is 6.63. The first-order valence-electron chi connectivity index (χ1n) is 7.60. The topological polar surface area (TPSA) is 63.2 Å². The van der Waals surface area contributed by atoms with E-state index in [0.29, 0.717) is 17.2 Å². The molecule has 13 heteroatoms. The van der Waals surface area contributed by atoms with E-state index in [1.165, 1.54) is 23.1 Å². The molecule has 3 rings (SSSR count). The van der Waals surface area contributed by atoms with Crippen molar-refractivity contribution in [1.82, 2.24) is 14.5 Å². The quantitative estimate of drug-likeness (QED) is 0.305. The van der Waals surface area contributed by atoms with Gasteiger partial charge in [-0.2, -0.15) is 4.31 Å². The molecule has 0 N–H and O–H groups in total. The van der Waals surface area contributed by atoms with Crippen molar-refractivity contribution in [2.24, 2.45) is 0 Å². The molecular formula is C14H12F5N3O2S3. The summed E-state index contributed by atoms with van der Waals surface area (Å²) >= 11 is 2.51. The third-order valence-electron chi connectivity index (χ3n) is 3.97. The second-order valence-electron chi connectivity index (χ2n) is 5.71. The van der Waals surface area contributed by atoms with Gasteiger partial charge in [0.1, 0.15) is 5.01 Å². The van der Waals surface area contributed by atoms with E-state index in [9.17, 15) is 30.4 Å². The van der Waals surface area contributed by atoms with Crippen LogP contribution in [0.15, 0.2) is 9.24 Å². The fourth-order valence-electron chi connectivity index (χ4n) is 2.72. The Morgan fingerprint density at radius 1 is 1.07 bits per heavy atom. The maximum absolute atomic E-state index is 14.0. The average molecular weight is 445 g/mol.